The van der Waals surface area contributed by atoms with Crippen LogP contribution in [0.3, 0.4) is 0 Å². The summed E-state index contributed by atoms with van der Waals surface area (Å²) in [5.41, 5.74) is 6.94. The zero-order chi connectivity index (χ0) is 15.6. The minimum Gasteiger partial charge on any atom is -0.324 e. The van der Waals surface area contributed by atoms with Crippen LogP contribution in [0.1, 0.15) is 18.5 Å². The Labute approximate surface area is 138 Å². The number of halogens is 1. The first-order valence-corrected chi connectivity index (χ1v) is 9.80. The molecule has 0 aliphatic heterocycles. The van der Waals surface area contributed by atoms with Gasteiger partial charge >= 0.3 is 0 Å². The summed E-state index contributed by atoms with van der Waals surface area (Å²) >= 11 is 5.10. The van der Waals surface area contributed by atoms with Crippen molar-refractivity contribution in [3.05, 3.63) is 52.5 Å². The maximum absolute atomic E-state index is 11.4. The average Bonchev–Trinajstić information content (AvgIpc) is 2.38. The van der Waals surface area contributed by atoms with Crippen molar-refractivity contribution >= 4 is 37.5 Å². The van der Waals surface area contributed by atoms with E-state index in [1.165, 1.54) is 6.26 Å². The average molecular weight is 386 g/mol. The molecule has 0 radical (unpaired) electrons. The molecule has 21 heavy (non-hydrogen) atoms. The molecule has 2 N–H and O–H groups in total. The third kappa shape index (κ3) is 4.32. The normalized spacial score (nSPS) is 13.1. The first kappa shape index (κ1) is 16.5. The molecule has 0 saturated carbocycles. The van der Waals surface area contributed by atoms with Crippen LogP contribution >= 0.6 is 27.7 Å². The van der Waals surface area contributed by atoms with Crippen molar-refractivity contribution in [2.45, 2.75) is 27.7 Å². The first-order chi connectivity index (χ1) is 9.77. The molecule has 2 aromatic rings. The number of sulfone groups is 1. The van der Waals surface area contributed by atoms with Crippen LogP contribution < -0.4 is 5.73 Å². The zero-order valence-electron chi connectivity index (χ0n) is 11.7. The smallest absolute Gasteiger partial charge is 0.175 e. The molecule has 2 aromatic carbocycles. The number of hydrogen-bond acceptors (Lipinski definition) is 4. The second-order valence-corrected chi connectivity index (χ2v) is 8.83. The molecule has 0 bridgehead atoms. The van der Waals surface area contributed by atoms with E-state index in [0.29, 0.717) is 4.90 Å². The van der Waals surface area contributed by atoms with Crippen molar-refractivity contribution in [3.8, 4) is 0 Å². The molecule has 6 heteroatoms. The Bertz CT molecular complexity index is 741. The Morgan fingerprint density at radius 3 is 2.14 bits per heavy atom. The lowest BCUT2D eigenvalue weighted by Gasteiger charge is -2.10. The number of hydrogen-bond donors (Lipinski definition) is 1. The van der Waals surface area contributed by atoms with E-state index in [2.05, 4.69) is 15.9 Å². The van der Waals surface area contributed by atoms with Gasteiger partial charge in [0, 0.05) is 26.6 Å². The first-order valence-electron chi connectivity index (χ1n) is 6.30. The van der Waals surface area contributed by atoms with Crippen LogP contribution in [-0.2, 0) is 9.84 Å². The summed E-state index contributed by atoms with van der Waals surface area (Å²) in [6.45, 7) is 1.94. The summed E-state index contributed by atoms with van der Waals surface area (Å²) in [5.74, 6) is 0. The molecule has 0 saturated heterocycles. The fourth-order valence-corrected chi connectivity index (χ4v) is 4.21. The predicted molar refractivity (Wildman–Crippen MR) is 90.4 cm³/mol. The number of rotatable bonds is 4. The number of benzene rings is 2. The second kappa shape index (κ2) is 6.52. The van der Waals surface area contributed by atoms with Crippen LogP contribution in [-0.4, -0.2) is 14.7 Å². The highest BCUT2D eigenvalue weighted by molar-refractivity contribution is 9.10. The maximum Gasteiger partial charge on any atom is 0.175 e. The molecule has 2 rings (SSSR count). The van der Waals surface area contributed by atoms with E-state index < -0.39 is 9.84 Å². The van der Waals surface area contributed by atoms with Crippen LogP contribution in [0.4, 0.5) is 0 Å². The van der Waals surface area contributed by atoms with Gasteiger partial charge < -0.3 is 5.73 Å². The fourth-order valence-electron chi connectivity index (χ4n) is 1.83. The minimum absolute atomic E-state index is 0.0209. The van der Waals surface area contributed by atoms with Gasteiger partial charge in [-0.2, -0.15) is 0 Å². The van der Waals surface area contributed by atoms with Crippen molar-refractivity contribution in [3.63, 3.8) is 0 Å². The van der Waals surface area contributed by atoms with E-state index in [-0.39, 0.29) is 6.04 Å². The Morgan fingerprint density at radius 2 is 1.67 bits per heavy atom. The molecule has 0 aliphatic carbocycles. The molecule has 0 fully saturated rings. The van der Waals surface area contributed by atoms with Gasteiger partial charge in [0.25, 0.3) is 0 Å². The lowest BCUT2D eigenvalue weighted by molar-refractivity contribution is 0.602. The molecule has 3 nitrogen and oxygen atoms in total. The summed E-state index contributed by atoms with van der Waals surface area (Å²) in [7, 11) is -3.14. The van der Waals surface area contributed by atoms with Gasteiger partial charge in [-0.1, -0.05) is 33.8 Å². The topological polar surface area (TPSA) is 60.2 Å². The van der Waals surface area contributed by atoms with Crippen molar-refractivity contribution in [2.24, 2.45) is 5.73 Å². The quantitative estimate of drug-likeness (QED) is 0.862. The van der Waals surface area contributed by atoms with E-state index in [9.17, 15) is 8.42 Å². The monoisotopic (exact) mass is 385 g/mol. The highest BCUT2D eigenvalue weighted by atomic mass is 79.9. The van der Waals surface area contributed by atoms with Crippen molar-refractivity contribution in [1.82, 2.24) is 0 Å². The molecule has 0 aromatic heterocycles. The number of nitrogens with two attached hydrogens (primary N) is 1. The highest BCUT2D eigenvalue weighted by Crippen LogP contribution is 2.32. The summed E-state index contributed by atoms with van der Waals surface area (Å²) in [6, 6.07) is 12.9. The lowest BCUT2D eigenvalue weighted by Crippen LogP contribution is -2.05. The molecule has 1 atom stereocenters. The third-order valence-electron chi connectivity index (χ3n) is 2.95. The largest absolute Gasteiger partial charge is 0.324 e. The van der Waals surface area contributed by atoms with Crippen LogP contribution in [0.25, 0.3) is 0 Å². The fraction of sp³-hybridized carbons (Fsp3) is 0.200. The summed E-state index contributed by atoms with van der Waals surface area (Å²) in [4.78, 5) is 2.39. The molecule has 112 valence electrons. The summed E-state index contributed by atoms with van der Waals surface area (Å²) < 4.78 is 23.8. The van der Waals surface area contributed by atoms with Gasteiger partial charge in [-0.05, 0) is 48.9 Å². The Balaban J connectivity index is 2.21. The van der Waals surface area contributed by atoms with Crippen molar-refractivity contribution in [1.29, 1.82) is 0 Å². The van der Waals surface area contributed by atoms with Crippen LogP contribution in [0.5, 0.6) is 0 Å². The SMILES string of the molecule is C[C@@H](N)c1ccc(Sc2ccc(S(C)(=O)=O)cc2)cc1Br. The van der Waals surface area contributed by atoms with E-state index in [0.717, 1.165) is 19.8 Å². The highest BCUT2D eigenvalue weighted by Gasteiger charge is 2.08. The Hall–Kier alpha value is -0.820. The van der Waals surface area contributed by atoms with Gasteiger partial charge in [0.15, 0.2) is 9.84 Å². The molecular weight excluding hydrogens is 370 g/mol. The summed E-state index contributed by atoms with van der Waals surface area (Å²) in [6.07, 6.45) is 1.21. The van der Waals surface area contributed by atoms with Crippen molar-refractivity contribution in [2.75, 3.05) is 6.26 Å². The van der Waals surface area contributed by atoms with E-state index >= 15 is 0 Å². The van der Waals surface area contributed by atoms with E-state index in [4.69, 9.17) is 5.73 Å². The molecule has 0 spiro atoms. The zero-order valence-corrected chi connectivity index (χ0v) is 14.9. The third-order valence-corrected chi connectivity index (χ3v) is 5.76. The van der Waals surface area contributed by atoms with Gasteiger partial charge in [-0.15, -0.1) is 0 Å². The minimum atomic E-state index is -3.14. The van der Waals surface area contributed by atoms with Crippen LogP contribution in [0.2, 0.25) is 0 Å². The Kier molecular flexibility index (Phi) is 5.14. The van der Waals surface area contributed by atoms with Gasteiger partial charge in [-0.3, -0.25) is 0 Å². The molecule has 0 unspecified atom stereocenters. The van der Waals surface area contributed by atoms with Crippen molar-refractivity contribution < 1.29 is 8.42 Å². The maximum atomic E-state index is 11.4. The summed E-state index contributed by atoms with van der Waals surface area (Å²) in [5, 5.41) is 0. The second-order valence-electron chi connectivity index (χ2n) is 4.82. The molecule has 0 heterocycles. The van der Waals surface area contributed by atoms with Gasteiger partial charge in [0.05, 0.1) is 4.90 Å². The molecule has 0 aliphatic rings. The molecular formula is C15H16BrNO2S2. The standard InChI is InChI=1S/C15H16BrNO2S2/c1-10(17)14-8-5-12(9-15(14)16)20-11-3-6-13(7-4-11)21(2,18)19/h3-10H,17H2,1-2H3/t10-/m1/s1. The van der Waals surface area contributed by atoms with Gasteiger partial charge in [0.2, 0.25) is 0 Å². The van der Waals surface area contributed by atoms with Crippen LogP contribution in [0, 0.1) is 0 Å². The van der Waals surface area contributed by atoms with Gasteiger partial charge in [-0.25, -0.2) is 8.42 Å². The van der Waals surface area contributed by atoms with E-state index in [1.54, 1.807) is 23.9 Å². The van der Waals surface area contributed by atoms with E-state index in [1.807, 2.05) is 37.3 Å². The Morgan fingerprint density at radius 1 is 1.10 bits per heavy atom. The predicted octanol–water partition coefficient (Wildman–Crippen LogP) is 4.02. The van der Waals surface area contributed by atoms with Gasteiger partial charge in [0.1, 0.15) is 0 Å². The molecule has 0 amide bonds. The lowest BCUT2D eigenvalue weighted by atomic mass is 10.1. The van der Waals surface area contributed by atoms with Crippen LogP contribution in [0.15, 0.2) is 61.6 Å².